The quantitative estimate of drug-likeness (QED) is 0.288. The van der Waals surface area contributed by atoms with Gasteiger partial charge in [-0.15, -0.1) is 0 Å². The minimum Gasteiger partial charge on any atom is -0.382 e. The Labute approximate surface area is 222 Å². The van der Waals surface area contributed by atoms with Crippen LogP contribution in [0.2, 0.25) is 5.15 Å². The van der Waals surface area contributed by atoms with Crippen molar-refractivity contribution in [1.29, 1.82) is 0 Å². The zero-order valence-electron chi connectivity index (χ0n) is 21.8. The van der Waals surface area contributed by atoms with Gasteiger partial charge in [-0.1, -0.05) is 38.4 Å². The number of hydrogen-bond donors (Lipinski definition) is 2. The van der Waals surface area contributed by atoms with Crippen molar-refractivity contribution < 1.29 is 8.42 Å². The summed E-state index contributed by atoms with van der Waals surface area (Å²) in [5, 5.41) is 13.3. The molecule has 9 nitrogen and oxygen atoms in total. The molecule has 0 aliphatic carbocycles. The predicted molar refractivity (Wildman–Crippen MR) is 150 cm³/mol. The molecule has 0 amide bonds. The van der Waals surface area contributed by atoms with Crippen molar-refractivity contribution >= 4 is 49.5 Å². The number of benzene rings is 1. The SMILES string of the molecule is CC(C)c1ccc(N[C@H](C)[C@H](C)CS(C)(=O)=O)c2cnc(Nc3ccnc(-c4cn(C)nc4Cl)n3)cc12. The van der Waals surface area contributed by atoms with E-state index in [0.29, 0.717) is 34.1 Å². The Morgan fingerprint density at radius 2 is 1.81 bits per heavy atom. The number of anilines is 3. The van der Waals surface area contributed by atoms with Crippen molar-refractivity contribution in [2.24, 2.45) is 13.0 Å². The van der Waals surface area contributed by atoms with Crippen molar-refractivity contribution in [3.8, 4) is 11.4 Å². The second-order valence-corrected chi connectivity index (χ2v) is 12.4. The number of pyridine rings is 1. The lowest BCUT2D eigenvalue weighted by Crippen LogP contribution is -2.29. The zero-order valence-corrected chi connectivity index (χ0v) is 23.4. The molecule has 3 aromatic heterocycles. The molecule has 0 saturated heterocycles. The van der Waals surface area contributed by atoms with E-state index in [2.05, 4.69) is 50.6 Å². The van der Waals surface area contributed by atoms with Gasteiger partial charge in [0.1, 0.15) is 21.5 Å². The molecule has 11 heteroatoms. The van der Waals surface area contributed by atoms with E-state index in [0.717, 1.165) is 16.5 Å². The van der Waals surface area contributed by atoms with Gasteiger partial charge in [0.25, 0.3) is 0 Å². The molecule has 0 aliphatic heterocycles. The van der Waals surface area contributed by atoms with Gasteiger partial charge in [-0.3, -0.25) is 4.68 Å². The van der Waals surface area contributed by atoms with E-state index in [4.69, 9.17) is 11.6 Å². The summed E-state index contributed by atoms with van der Waals surface area (Å²) in [4.78, 5) is 13.6. The zero-order chi connectivity index (χ0) is 26.9. The molecular weight excluding hydrogens is 510 g/mol. The normalized spacial score (nSPS) is 13.6. The summed E-state index contributed by atoms with van der Waals surface area (Å²) in [7, 11) is -1.27. The number of rotatable bonds is 9. The second kappa shape index (κ2) is 10.6. The van der Waals surface area contributed by atoms with E-state index in [1.165, 1.54) is 11.8 Å². The van der Waals surface area contributed by atoms with Crippen LogP contribution in [0.25, 0.3) is 22.2 Å². The first-order valence-corrected chi connectivity index (χ1v) is 14.5. The minimum absolute atomic E-state index is 0.0423. The van der Waals surface area contributed by atoms with E-state index in [-0.39, 0.29) is 17.7 Å². The Balaban J connectivity index is 1.65. The predicted octanol–water partition coefficient (Wildman–Crippen LogP) is 5.43. The van der Waals surface area contributed by atoms with Crippen LogP contribution in [0.3, 0.4) is 0 Å². The summed E-state index contributed by atoms with van der Waals surface area (Å²) in [6.07, 6.45) is 6.54. The van der Waals surface area contributed by atoms with Gasteiger partial charge in [0.2, 0.25) is 0 Å². The Kier molecular flexibility index (Phi) is 7.70. The molecule has 0 spiro atoms. The highest BCUT2D eigenvalue weighted by molar-refractivity contribution is 7.90. The van der Waals surface area contributed by atoms with Crippen LogP contribution in [-0.4, -0.2) is 51.2 Å². The van der Waals surface area contributed by atoms with Crippen molar-refractivity contribution in [2.75, 3.05) is 22.6 Å². The topological polar surface area (TPSA) is 115 Å². The van der Waals surface area contributed by atoms with Gasteiger partial charge in [0.15, 0.2) is 11.0 Å². The van der Waals surface area contributed by atoms with Crippen LogP contribution in [0.4, 0.5) is 17.3 Å². The molecule has 196 valence electrons. The standard InChI is InChI=1S/C26H32ClN7O2S/c1-15(2)18-7-8-22(30-17(4)16(3)14-37(6,35)36)20-12-29-24(11-19(18)20)31-23-9-10-28-26(32-23)21-13-34(5)33-25(21)27/h7-13,15-17,30H,14H2,1-6H3,(H,28,29,31,32)/t16-,17-/m1/s1. The first-order chi connectivity index (χ1) is 17.4. The third-order valence-corrected chi connectivity index (χ3v) is 7.71. The average Bonchev–Trinajstić information content (AvgIpc) is 3.15. The van der Waals surface area contributed by atoms with Gasteiger partial charge in [-0.2, -0.15) is 5.10 Å². The molecule has 0 fully saturated rings. The maximum absolute atomic E-state index is 11.8. The van der Waals surface area contributed by atoms with Crippen LogP contribution >= 0.6 is 11.6 Å². The monoisotopic (exact) mass is 541 g/mol. The first kappa shape index (κ1) is 26.8. The Bertz CT molecular complexity index is 1540. The number of nitrogens with one attached hydrogen (secondary N) is 2. The summed E-state index contributed by atoms with van der Waals surface area (Å²) in [5.74, 6) is 2.07. The highest BCUT2D eigenvalue weighted by atomic mass is 35.5. The van der Waals surface area contributed by atoms with Gasteiger partial charge in [-0.05, 0) is 47.9 Å². The number of sulfone groups is 1. The Morgan fingerprint density at radius 3 is 2.46 bits per heavy atom. The second-order valence-electron chi connectivity index (χ2n) is 9.87. The largest absolute Gasteiger partial charge is 0.382 e. The van der Waals surface area contributed by atoms with Crippen LogP contribution in [0.15, 0.2) is 42.9 Å². The number of fused-ring (bicyclic) bond motifs is 1. The van der Waals surface area contributed by atoms with E-state index < -0.39 is 9.84 Å². The van der Waals surface area contributed by atoms with Crippen molar-refractivity contribution in [3.63, 3.8) is 0 Å². The van der Waals surface area contributed by atoms with Gasteiger partial charge in [0, 0.05) is 49.0 Å². The van der Waals surface area contributed by atoms with Crippen molar-refractivity contribution in [1.82, 2.24) is 24.7 Å². The van der Waals surface area contributed by atoms with Crippen LogP contribution in [0.5, 0.6) is 0 Å². The van der Waals surface area contributed by atoms with Crippen LogP contribution < -0.4 is 10.6 Å². The van der Waals surface area contributed by atoms with E-state index in [1.54, 1.807) is 30.2 Å². The van der Waals surface area contributed by atoms with Gasteiger partial charge in [0.05, 0.1) is 11.3 Å². The Hall–Kier alpha value is -3.24. The maximum atomic E-state index is 11.8. The number of nitrogens with zero attached hydrogens (tertiary/aromatic N) is 5. The maximum Gasteiger partial charge on any atom is 0.166 e. The molecule has 2 atom stereocenters. The molecule has 0 bridgehead atoms. The molecule has 0 saturated carbocycles. The smallest absolute Gasteiger partial charge is 0.166 e. The van der Waals surface area contributed by atoms with Crippen molar-refractivity contribution in [2.45, 2.75) is 39.7 Å². The molecule has 3 heterocycles. The lowest BCUT2D eigenvalue weighted by molar-refractivity contribution is 0.538. The van der Waals surface area contributed by atoms with Crippen LogP contribution in [0, 0.1) is 5.92 Å². The highest BCUT2D eigenvalue weighted by Crippen LogP contribution is 2.33. The third kappa shape index (κ3) is 6.37. The van der Waals surface area contributed by atoms with Crippen molar-refractivity contribution in [3.05, 3.63) is 53.6 Å². The average molecular weight is 542 g/mol. The van der Waals surface area contributed by atoms with Gasteiger partial charge < -0.3 is 10.6 Å². The van der Waals surface area contributed by atoms with Gasteiger partial charge in [-0.25, -0.2) is 23.4 Å². The third-order valence-electron chi connectivity index (χ3n) is 6.30. The van der Waals surface area contributed by atoms with Gasteiger partial charge >= 0.3 is 0 Å². The molecule has 0 aliphatic rings. The summed E-state index contributed by atoms with van der Waals surface area (Å²) < 4.78 is 25.2. The number of hydrogen-bond acceptors (Lipinski definition) is 8. The summed E-state index contributed by atoms with van der Waals surface area (Å²) in [5.41, 5.74) is 2.76. The molecule has 2 N–H and O–H groups in total. The molecule has 0 radical (unpaired) electrons. The molecule has 0 unspecified atom stereocenters. The van der Waals surface area contributed by atoms with Crippen LogP contribution in [0.1, 0.15) is 39.2 Å². The number of aromatic nitrogens is 5. The minimum atomic E-state index is -3.06. The fraction of sp³-hybridized carbons (Fsp3) is 0.385. The highest BCUT2D eigenvalue weighted by Gasteiger charge is 2.19. The number of halogens is 1. The molecule has 4 rings (SSSR count). The van der Waals surface area contributed by atoms with E-state index in [9.17, 15) is 8.42 Å². The summed E-state index contributed by atoms with van der Waals surface area (Å²) >= 11 is 6.23. The molecule has 1 aromatic carbocycles. The van der Waals surface area contributed by atoms with E-state index >= 15 is 0 Å². The Morgan fingerprint density at radius 1 is 1.05 bits per heavy atom. The lowest BCUT2D eigenvalue weighted by atomic mass is 9.95. The first-order valence-electron chi connectivity index (χ1n) is 12.1. The lowest BCUT2D eigenvalue weighted by Gasteiger charge is -2.23. The molecule has 37 heavy (non-hydrogen) atoms. The number of aryl methyl sites for hydroxylation is 1. The fourth-order valence-electron chi connectivity index (χ4n) is 4.27. The summed E-state index contributed by atoms with van der Waals surface area (Å²) in [6, 6.07) is 7.90. The summed E-state index contributed by atoms with van der Waals surface area (Å²) in [6.45, 7) is 8.25. The van der Waals surface area contributed by atoms with E-state index in [1.807, 2.05) is 32.2 Å². The molecular formula is C26H32ClN7O2S. The van der Waals surface area contributed by atoms with Crippen LogP contribution in [-0.2, 0) is 16.9 Å². The molecule has 4 aromatic rings. The fourth-order valence-corrected chi connectivity index (χ4v) is 5.77.